The number of hydrogen-bond donors (Lipinski definition) is 2. The van der Waals surface area contributed by atoms with E-state index < -0.39 is 0 Å². The van der Waals surface area contributed by atoms with E-state index in [1.165, 1.54) is 6.42 Å². The van der Waals surface area contributed by atoms with Gasteiger partial charge in [-0.15, -0.1) is 0 Å². The molecule has 104 valence electrons. The van der Waals surface area contributed by atoms with Gasteiger partial charge in [0.15, 0.2) is 0 Å². The molecule has 0 amide bonds. The maximum atomic E-state index is 9.46. The van der Waals surface area contributed by atoms with Crippen LogP contribution >= 0.6 is 0 Å². The summed E-state index contributed by atoms with van der Waals surface area (Å²) in [6.45, 7) is 11.4. The standard InChI is InChI=1S/C12H26N2O.C2H6/c1-3-11(4-7-13)10(2)14-8-5-12(15)6-9-14;1-2/h10-12,15H,3-9,13H2,1-2H3;1-2H3. The Kier molecular flexibility index (Phi) is 9.79. The first-order chi connectivity index (χ1) is 8.19. The second kappa shape index (κ2) is 9.86. The summed E-state index contributed by atoms with van der Waals surface area (Å²) < 4.78 is 0. The molecule has 1 saturated heterocycles. The predicted molar refractivity (Wildman–Crippen MR) is 75.1 cm³/mol. The molecule has 3 nitrogen and oxygen atoms in total. The predicted octanol–water partition coefficient (Wildman–Crippen LogP) is 2.23. The fraction of sp³-hybridized carbons (Fsp3) is 1.00. The van der Waals surface area contributed by atoms with E-state index >= 15 is 0 Å². The number of aliphatic hydroxyl groups excluding tert-OH is 1. The lowest BCUT2D eigenvalue weighted by Crippen LogP contribution is -2.45. The molecule has 0 aromatic heterocycles. The van der Waals surface area contributed by atoms with E-state index in [0.717, 1.165) is 38.9 Å². The third kappa shape index (κ3) is 5.84. The van der Waals surface area contributed by atoms with Crippen molar-refractivity contribution in [3.05, 3.63) is 0 Å². The molecule has 0 aliphatic carbocycles. The molecule has 3 heteroatoms. The van der Waals surface area contributed by atoms with Gasteiger partial charge >= 0.3 is 0 Å². The van der Waals surface area contributed by atoms with Gasteiger partial charge in [-0.05, 0) is 38.6 Å². The van der Waals surface area contributed by atoms with Crippen LogP contribution in [0.4, 0.5) is 0 Å². The monoisotopic (exact) mass is 244 g/mol. The summed E-state index contributed by atoms with van der Waals surface area (Å²) in [6.07, 6.45) is 4.13. The highest BCUT2D eigenvalue weighted by Crippen LogP contribution is 2.21. The Morgan fingerprint density at radius 1 is 1.29 bits per heavy atom. The van der Waals surface area contributed by atoms with Gasteiger partial charge in [0.1, 0.15) is 0 Å². The van der Waals surface area contributed by atoms with E-state index in [4.69, 9.17) is 5.73 Å². The smallest absolute Gasteiger partial charge is 0.0564 e. The molecular formula is C14H32N2O. The number of nitrogens with two attached hydrogens (primary N) is 1. The SMILES string of the molecule is CC.CCC(CCN)C(C)N1CCC(O)CC1. The minimum absolute atomic E-state index is 0.0666. The highest BCUT2D eigenvalue weighted by atomic mass is 16.3. The van der Waals surface area contributed by atoms with E-state index in [9.17, 15) is 5.11 Å². The normalized spacial score (nSPS) is 21.5. The van der Waals surface area contributed by atoms with Crippen molar-refractivity contribution in [1.82, 2.24) is 4.90 Å². The molecule has 2 atom stereocenters. The van der Waals surface area contributed by atoms with E-state index in [1.54, 1.807) is 0 Å². The maximum Gasteiger partial charge on any atom is 0.0564 e. The molecule has 3 N–H and O–H groups in total. The summed E-state index contributed by atoms with van der Waals surface area (Å²) in [4.78, 5) is 2.51. The summed E-state index contributed by atoms with van der Waals surface area (Å²) in [7, 11) is 0. The summed E-state index contributed by atoms with van der Waals surface area (Å²) >= 11 is 0. The Morgan fingerprint density at radius 2 is 1.82 bits per heavy atom. The van der Waals surface area contributed by atoms with Crippen molar-refractivity contribution >= 4 is 0 Å². The largest absolute Gasteiger partial charge is 0.393 e. The average Bonchev–Trinajstić information content (AvgIpc) is 2.38. The number of piperidine rings is 1. The molecular weight excluding hydrogens is 212 g/mol. The van der Waals surface area contributed by atoms with Crippen LogP contribution < -0.4 is 5.73 Å². The summed E-state index contributed by atoms with van der Waals surface area (Å²) in [5.74, 6) is 0.713. The zero-order valence-corrected chi connectivity index (χ0v) is 12.2. The quantitative estimate of drug-likeness (QED) is 0.780. The first kappa shape index (κ1) is 16.9. The van der Waals surface area contributed by atoms with Crippen LogP contribution in [0, 0.1) is 5.92 Å². The minimum atomic E-state index is -0.0666. The van der Waals surface area contributed by atoms with Crippen molar-refractivity contribution in [2.45, 2.75) is 65.5 Å². The second-order valence-corrected chi connectivity index (χ2v) is 4.75. The van der Waals surface area contributed by atoms with E-state index in [2.05, 4.69) is 18.7 Å². The van der Waals surface area contributed by atoms with Crippen molar-refractivity contribution in [1.29, 1.82) is 0 Å². The minimum Gasteiger partial charge on any atom is -0.393 e. The van der Waals surface area contributed by atoms with Gasteiger partial charge in [-0.25, -0.2) is 0 Å². The van der Waals surface area contributed by atoms with Crippen LogP contribution in [0.25, 0.3) is 0 Å². The lowest BCUT2D eigenvalue weighted by molar-refractivity contribution is 0.0474. The van der Waals surface area contributed by atoms with Gasteiger partial charge in [0.25, 0.3) is 0 Å². The topological polar surface area (TPSA) is 49.5 Å². The lowest BCUT2D eigenvalue weighted by Gasteiger charge is -2.38. The van der Waals surface area contributed by atoms with Crippen LogP contribution in [0.5, 0.6) is 0 Å². The van der Waals surface area contributed by atoms with Gasteiger partial charge in [0, 0.05) is 19.1 Å². The molecule has 0 saturated carbocycles. The molecule has 0 radical (unpaired) electrons. The molecule has 1 aliphatic rings. The lowest BCUT2D eigenvalue weighted by atomic mass is 9.92. The number of likely N-dealkylation sites (tertiary alicyclic amines) is 1. The summed E-state index contributed by atoms with van der Waals surface area (Å²) in [5, 5.41) is 9.46. The van der Waals surface area contributed by atoms with E-state index in [0.29, 0.717) is 12.0 Å². The maximum absolute atomic E-state index is 9.46. The number of hydrogen-bond acceptors (Lipinski definition) is 3. The van der Waals surface area contributed by atoms with Crippen LogP contribution in [-0.2, 0) is 0 Å². The molecule has 1 fully saturated rings. The fourth-order valence-corrected chi connectivity index (χ4v) is 2.59. The Balaban J connectivity index is 0.00000121. The third-order valence-electron chi connectivity index (χ3n) is 3.82. The first-order valence-electron chi connectivity index (χ1n) is 7.31. The van der Waals surface area contributed by atoms with Gasteiger partial charge in [0.05, 0.1) is 6.10 Å². The van der Waals surface area contributed by atoms with Crippen LogP contribution in [0.15, 0.2) is 0 Å². The van der Waals surface area contributed by atoms with Crippen LogP contribution in [-0.4, -0.2) is 41.8 Å². The Labute approximate surface area is 107 Å². The van der Waals surface area contributed by atoms with Crippen molar-refractivity contribution in [3.8, 4) is 0 Å². The van der Waals surface area contributed by atoms with Crippen LogP contribution in [0.3, 0.4) is 0 Å². The molecule has 2 unspecified atom stereocenters. The zero-order valence-electron chi connectivity index (χ0n) is 12.2. The Morgan fingerprint density at radius 3 is 2.24 bits per heavy atom. The highest BCUT2D eigenvalue weighted by Gasteiger charge is 2.25. The number of nitrogens with zero attached hydrogens (tertiary/aromatic N) is 1. The van der Waals surface area contributed by atoms with Crippen LogP contribution in [0.2, 0.25) is 0 Å². The highest BCUT2D eigenvalue weighted by molar-refractivity contribution is 4.80. The van der Waals surface area contributed by atoms with Crippen LogP contribution in [0.1, 0.15) is 53.4 Å². The molecule has 1 aliphatic heterocycles. The fourth-order valence-electron chi connectivity index (χ4n) is 2.59. The summed E-state index contributed by atoms with van der Waals surface area (Å²) in [5.41, 5.74) is 5.64. The van der Waals surface area contributed by atoms with E-state index in [1.807, 2.05) is 13.8 Å². The number of rotatable bonds is 5. The number of aliphatic hydroxyl groups is 1. The van der Waals surface area contributed by atoms with Gasteiger partial charge < -0.3 is 15.7 Å². The van der Waals surface area contributed by atoms with Crippen molar-refractivity contribution < 1.29 is 5.11 Å². The first-order valence-corrected chi connectivity index (χ1v) is 7.31. The molecule has 0 spiro atoms. The molecule has 17 heavy (non-hydrogen) atoms. The molecule has 0 aromatic rings. The molecule has 0 aromatic carbocycles. The Bertz CT molecular complexity index is 168. The second-order valence-electron chi connectivity index (χ2n) is 4.75. The van der Waals surface area contributed by atoms with Crippen molar-refractivity contribution in [2.24, 2.45) is 11.7 Å². The molecule has 0 bridgehead atoms. The van der Waals surface area contributed by atoms with Gasteiger partial charge in [-0.3, -0.25) is 0 Å². The third-order valence-corrected chi connectivity index (χ3v) is 3.82. The van der Waals surface area contributed by atoms with Gasteiger partial charge in [0.2, 0.25) is 0 Å². The Hall–Kier alpha value is -0.120. The van der Waals surface area contributed by atoms with Crippen molar-refractivity contribution in [3.63, 3.8) is 0 Å². The molecule has 1 heterocycles. The summed E-state index contributed by atoms with van der Waals surface area (Å²) in [6, 6.07) is 0.617. The van der Waals surface area contributed by atoms with Crippen molar-refractivity contribution in [2.75, 3.05) is 19.6 Å². The van der Waals surface area contributed by atoms with Gasteiger partial charge in [-0.2, -0.15) is 0 Å². The average molecular weight is 244 g/mol. The van der Waals surface area contributed by atoms with E-state index in [-0.39, 0.29) is 6.10 Å². The van der Waals surface area contributed by atoms with Gasteiger partial charge in [-0.1, -0.05) is 27.2 Å². The molecule has 1 rings (SSSR count). The zero-order chi connectivity index (χ0) is 13.3.